The number of benzene rings is 2. The van der Waals surface area contributed by atoms with Crippen LogP contribution in [0.15, 0.2) is 48.5 Å². The van der Waals surface area contributed by atoms with Crippen molar-refractivity contribution in [3.8, 4) is 11.3 Å². The van der Waals surface area contributed by atoms with E-state index in [1.54, 1.807) is 18.2 Å². The van der Waals surface area contributed by atoms with Gasteiger partial charge in [0.2, 0.25) is 5.91 Å². The Bertz CT molecular complexity index is 997. The molecule has 0 aliphatic heterocycles. The van der Waals surface area contributed by atoms with Crippen LogP contribution in [0.3, 0.4) is 0 Å². The molecule has 0 saturated carbocycles. The van der Waals surface area contributed by atoms with E-state index in [1.165, 1.54) is 17.4 Å². The number of para-hydroxylation sites is 2. The third kappa shape index (κ3) is 5.80. The number of anilines is 2. The van der Waals surface area contributed by atoms with Crippen LogP contribution in [0, 0.1) is 13.8 Å². The van der Waals surface area contributed by atoms with E-state index in [1.807, 2.05) is 38.1 Å². The lowest BCUT2D eigenvalue weighted by atomic mass is 10.1. The van der Waals surface area contributed by atoms with Crippen LogP contribution >= 0.6 is 11.3 Å². The molecule has 3 rings (SSSR count). The second kappa shape index (κ2) is 8.65. The Morgan fingerprint density at radius 1 is 1.03 bits per heavy atom. The normalized spacial score (nSPS) is 11.3. The second-order valence-electron chi connectivity index (χ2n) is 6.61. The standard InChI is InChI=1S/C21H20F3N3OS/c1-13-7-9-15(10-8-13)20-18(29-14(2)26-20)11-19(28)27-17-6-4-3-5-16(17)25-12-21(22,23)24/h3-10,25H,11-12H2,1-2H3,(H,27,28). The molecular formula is C21H20F3N3OS. The fourth-order valence-corrected chi connectivity index (χ4v) is 3.76. The van der Waals surface area contributed by atoms with Crippen LogP contribution in [0.2, 0.25) is 0 Å². The first-order chi connectivity index (χ1) is 13.7. The van der Waals surface area contributed by atoms with Crippen molar-refractivity contribution < 1.29 is 18.0 Å². The number of halogens is 3. The molecule has 0 aliphatic carbocycles. The van der Waals surface area contributed by atoms with Crippen LogP contribution in [0.5, 0.6) is 0 Å². The molecule has 29 heavy (non-hydrogen) atoms. The van der Waals surface area contributed by atoms with Gasteiger partial charge in [-0.3, -0.25) is 4.79 Å². The van der Waals surface area contributed by atoms with Crippen molar-refractivity contribution in [3.63, 3.8) is 0 Å². The molecule has 0 spiro atoms. The number of carbonyl (C=O) groups is 1. The maximum absolute atomic E-state index is 12.6. The highest BCUT2D eigenvalue weighted by Crippen LogP contribution is 2.30. The van der Waals surface area contributed by atoms with Crippen molar-refractivity contribution in [1.82, 2.24) is 4.98 Å². The Balaban J connectivity index is 1.75. The summed E-state index contributed by atoms with van der Waals surface area (Å²) in [7, 11) is 0. The third-order valence-corrected chi connectivity index (χ3v) is 5.10. The van der Waals surface area contributed by atoms with Crippen molar-refractivity contribution in [2.45, 2.75) is 26.4 Å². The van der Waals surface area contributed by atoms with E-state index in [-0.39, 0.29) is 18.0 Å². The number of aryl methyl sites for hydroxylation is 2. The lowest BCUT2D eigenvalue weighted by Crippen LogP contribution is -2.22. The lowest BCUT2D eigenvalue weighted by Gasteiger charge is -2.14. The number of hydrogen-bond donors (Lipinski definition) is 2. The predicted octanol–water partition coefficient (Wildman–Crippen LogP) is 5.58. The van der Waals surface area contributed by atoms with E-state index < -0.39 is 12.7 Å². The zero-order chi connectivity index (χ0) is 21.0. The van der Waals surface area contributed by atoms with Gasteiger partial charge in [0.05, 0.1) is 28.5 Å². The molecule has 1 heterocycles. The molecule has 0 radical (unpaired) electrons. The summed E-state index contributed by atoms with van der Waals surface area (Å²) in [4.78, 5) is 18.0. The Hall–Kier alpha value is -2.87. The van der Waals surface area contributed by atoms with Gasteiger partial charge in [-0.15, -0.1) is 11.3 Å². The molecule has 0 aliphatic rings. The largest absolute Gasteiger partial charge is 0.405 e. The van der Waals surface area contributed by atoms with Crippen LogP contribution in [-0.4, -0.2) is 23.6 Å². The van der Waals surface area contributed by atoms with Crippen molar-refractivity contribution in [2.75, 3.05) is 17.2 Å². The van der Waals surface area contributed by atoms with Crippen LogP contribution in [0.1, 0.15) is 15.4 Å². The van der Waals surface area contributed by atoms with Gasteiger partial charge in [0.1, 0.15) is 6.54 Å². The van der Waals surface area contributed by atoms with Crippen molar-refractivity contribution in [1.29, 1.82) is 0 Å². The molecular weight excluding hydrogens is 399 g/mol. The molecule has 0 bridgehead atoms. The number of rotatable bonds is 6. The van der Waals surface area contributed by atoms with Crippen molar-refractivity contribution in [3.05, 3.63) is 64.0 Å². The number of thiazole rings is 1. The van der Waals surface area contributed by atoms with E-state index >= 15 is 0 Å². The fraction of sp³-hybridized carbons (Fsp3) is 0.238. The number of amides is 1. The lowest BCUT2D eigenvalue weighted by molar-refractivity contribution is -0.116. The molecule has 1 amide bonds. The van der Waals surface area contributed by atoms with Crippen LogP contribution in [-0.2, 0) is 11.2 Å². The number of alkyl halides is 3. The molecule has 2 aromatic carbocycles. The summed E-state index contributed by atoms with van der Waals surface area (Å²) in [6, 6.07) is 14.2. The Kier molecular flexibility index (Phi) is 6.22. The second-order valence-corrected chi connectivity index (χ2v) is 7.90. The predicted molar refractivity (Wildman–Crippen MR) is 110 cm³/mol. The minimum Gasteiger partial charge on any atom is -0.375 e. The van der Waals surface area contributed by atoms with Crippen molar-refractivity contribution in [2.24, 2.45) is 0 Å². The quantitative estimate of drug-likeness (QED) is 0.548. The van der Waals surface area contributed by atoms with Gasteiger partial charge in [-0.25, -0.2) is 4.98 Å². The molecule has 0 atom stereocenters. The van der Waals surface area contributed by atoms with Crippen LogP contribution in [0.25, 0.3) is 11.3 Å². The summed E-state index contributed by atoms with van der Waals surface area (Å²) < 4.78 is 37.5. The van der Waals surface area contributed by atoms with E-state index in [0.29, 0.717) is 5.69 Å². The summed E-state index contributed by atoms with van der Waals surface area (Å²) in [5, 5.41) is 5.87. The number of carbonyl (C=O) groups excluding carboxylic acids is 1. The van der Waals surface area contributed by atoms with Gasteiger partial charge in [-0.2, -0.15) is 13.2 Å². The van der Waals surface area contributed by atoms with E-state index in [4.69, 9.17) is 0 Å². The molecule has 4 nitrogen and oxygen atoms in total. The SMILES string of the molecule is Cc1ccc(-c2nc(C)sc2CC(=O)Nc2ccccc2NCC(F)(F)F)cc1. The van der Waals surface area contributed by atoms with Gasteiger partial charge >= 0.3 is 6.18 Å². The molecule has 1 aromatic heterocycles. The average Bonchev–Trinajstić information content (AvgIpc) is 3.01. The van der Waals surface area contributed by atoms with Crippen LogP contribution < -0.4 is 10.6 Å². The average molecular weight is 419 g/mol. The van der Waals surface area contributed by atoms with E-state index in [0.717, 1.165) is 26.7 Å². The van der Waals surface area contributed by atoms with E-state index in [9.17, 15) is 18.0 Å². The van der Waals surface area contributed by atoms with Crippen LogP contribution in [0.4, 0.5) is 24.5 Å². The molecule has 0 saturated heterocycles. The molecule has 0 fully saturated rings. The van der Waals surface area contributed by atoms with Gasteiger partial charge in [-0.05, 0) is 26.0 Å². The molecule has 0 unspecified atom stereocenters. The summed E-state index contributed by atoms with van der Waals surface area (Å²) in [6.07, 6.45) is -4.26. The molecule has 2 N–H and O–H groups in total. The fourth-order valence-electron chi connectivity index (χ4n) is 2.81. The zero-order valence-corrected chi connectivity index (χ0v) is 16.7. The van der Waals surface area contributed by atoms with Gasteiger partial charge in [0.15, 0.2) is 0 Å². The zero-order valence-electron chi connectivity index (χ0n) is 15.9. The smallest absolute Gasteiger partial charge is 0.375 e. The van der Waals surface area contributed by atoms with E-state index in [2.05, 4.69) is 15.6 Å². The maximum atomic E-state index is 12.6. The number of nitrogens with one attached hydrogen (secondary N) is 2. The highest BCUT2D eigenvalue weighted by atomic mass is 32.1. The first kappa shape index (κ1) is 20.9. The summed E-state index contributed by atoms with van der Waals surface area (Å²) >= 11 is 1.43. The number of nitrogens with zero attached hydrogens (tertiary/aromatic N) is 1. The topological polar surface area (TPSA) is 54.0 Å². The molecule has 152 valence electrons. The summed E-state index contributed by atoms with van der Waals surface area (Å²) in [5.41, 5.74) is 3.33. The minimum atomic E-state index is -4.35. The van der Waals surface area contributed by atoms with Crippen molar-refractivity contribution >= 4 is 28.6 Å². The first-order valence-electron chi connectivity index (χ1n) is 8.94. The monoisotopic (exact) mass is 419 g/mol. The van der Waals surface area contributed by atoms with Gasteiger partial charge in [0.25, 0.3) is 0 Å². The number of aromatic nitrogens is 1. The number of hydrogen-bond acceptors (Lipinski definition) is 4. The van der Waals surface area contributed by atoms with Gasteiger partial charge < -0.3 is 10.6 Å². The third-order valence-electron chi connectivity index (χ3n) is 4.13. The molecule has 3 aromatic rings. The minimum absolute atomic E-state index is 0.0856. The Labute approximate surface area is 170 Å². The molecule has 8 heteroatoms. The maximum Gasteiger partial charge on any atom is 0.405 e. The first-order valence-corrected chi connectivity index (χ1v) is 9.76. The Morgan fingerprint density at radius 3 is 2.34 bits per heavy atom. The summed E-state index contributed by atoms with van der Waals surface area (Å²) in [6.45, 7) is 2.69. The summed E-state index contributed by atoms with van der Waals surface area (Å²) in [5.74, 6) is -0.316. The van der Waals surface area contributed by atoms with Gasteiger partial charge in [0, 0.05) is 10.4 Å². The van der Waals surface area contributed by atoms with Gasteiger partial charge in [-0.1, -0.05) is 42.0 Å². The Morgan fingerprint density at radius 2 is 1.69 bits per heavy atom. The highest BCUT2D eigenvalue weighted by molar-refractivity contribution is 7.12. The highest BCUT2D eigenvalue weighted by Gasteiger charge is 2.27.